The van der Waals surface area contributed by atoms with E-state index >= 15 is 0 Å². The van der Waals surface area contributed by atoms with Crippen molar-refractivity contribution in [1.29, 1.82) is 0 Å². The first-order valence-electron chi connectivity index (χ1n) is 5.81. The summed E-state index contributed by atoms with van der Waals surface area (Å²) in [5.41, 5.74) is 1.74. The third-order valence-electron chi connectivity index (χ3n) is 2.57. The lowest BCUT2D eigenvalue weighted by molar-refractivity contribution is -0.136. The molecule has 0 spiro atoms. The highest BCUT2D eigenvalue weighted by molar-refractivity contribution is 6.30. The molecule has 98 valence electrons. The molecule has 0 amide bonds. The lowest BCUT2D eigenvalue weighted by Crippen LogP contribution is -2.00. The minimum absolute atomic E-state index is 0.0224. The molecule has 0 radical (unpaired) electrons. The van der Waals surface area contributed by atoms with Crippen LogP contribution in [0.25, 0.3) is 0 Å². The van der Waals surface area contributed by atoms with Gasteiger partial charge in [-0.1, -0.05) is 35.9 Å². The van der Waals surface area contributed by atoms with Crippen molar-refractivity contribution in [3.63, 3.8) is 0 Å². The highest BCUT2D eigenvalue weighted by atomic mass is 35.5. The molecule has 2 rings (SSSR count). The minimum atomic E-state index is -0.840. The van der Waals surface area contributed by atoms with E-state index in [1.54, 1.807) is 24.3 Å². The Morgan fingerprint density at radius 3 is 2.47 bits per heavy atom. The maximum atomic E-state index is 10.6. The van der Waals surface area contributed by atoms with E-state index in [0.717, 1.165) is 11.1 Å². The molecular formula is C15H13ClO3. The van der Waals surface area contributed by atoms with Crippen LogP contribution in [0.1, 0.15) is 11.1 Å². The molecule has 1 N–H and O–H groups in total. The number of carboxylic acids is 1. The monoisotopic (exact) mass is 276 g/mol. The summed E-state index contributed by atoms with van der Waals surface area (Å²) < 4.78 is 5.60. The Kier molecular flexibility index (Phi) is 4.42. The van der Waals surface area contributed by atoms with Gasteiger partial charge in [-0.15, -0.1) is 0 Å². The van der Waals surface area contributed by atoms with Crippen LogP contribution in [-0.4, -0.2) is 11.1 Å². The van der Waals surface area contributed by atoms with Crippen LogP contribution in [0.5, 0.6) is 5.75 Å². The predicted octanol–water partition coefficient (Wildman–Crippen LogP) is 3.55. The van der Waals surface area contributed by atoms with E-state index in [2.05, 4.69) is 0 Å². The molecule has 0 heterocycles. The molecule has 0 saturated heterocycles. The first-order valence-corrected chi connectivity index (χ1v) is 6.19. The third-order valence-corrected chi connectivity index (χ3v) is 2.81. The molecule has 19 heavy (non-hydrogen) atoms. The second-order valence-electron chi connectivity index (χ2n) is 4.13. The molecule has 0 aromatic heterocycles. The Hall–Kier alpha value is -2.00. The van der Waals surface area contributed by atoms with Crippen LogP contribution in [0.2, 0.25) is 5.02 Å². The number of aliphatic carboxylic acids is 1. The van der Waals surface area contributed by atoms with E-state index in [0.29, 0.717) is 17.4 Å². The number of halogens is 1. The van der Waals surface area contributed by atoms with Gasteiger partial charge in [0.2, 0.25) is 0 Å². The predicted molar refractivity (Wildman–Crippen MR) is 73.6 cm³/mol. The lowest BCUT2D eigenvalue weighted by atomic mass is 10.1. The number of rotatable bonds is 5. The largest absolute Gasteiger partial charge is 0.489 e. The Bertz CT molecular complexity index is 564. The van der Waals surface area contributed by atoms with Gasteiger partial charge in [0.05, 0.1) is 6.42 Å². The number of carboxylic acid groups (broad SMARTS) is 1. The molecule has 0 unspecified atom stereocenters. The van der Waals surface area contributed by atoms with Crippen LogP contribution in [-0.2, 0) is 17.8 Å². The molecule has 0 atom stereocenters. The Morgan fingerprint density at radius 1 is 1.11 bits per heavy atom. The summed E-state index contributed by atoms with van der Waals surface area (Å²) in [7, 11) is 0. The van der Waals surface area contributed by atoms with Crippen molar-refractivity contribution in [2.24, 2.45) is 0 Å². The van der Waals surface area contributed by atoms with E-state index in [9.17, 15) is 4.79 Å². The van der Waals surface area contributed by atoms with Crippen molar-refractivity contribution in [3.05, 3.63) is 64.7 Å². The van der Waals surface area contributed by atoms with Crippen molar-refractivity contribution >= 4 is 17.6 Å². The fourth-order valence-electron chi connectivity index (χ4n) is 1.67. The normalized spacial score (nSPS) is 10.2. The molecule has 0 fully saturated rings. The van der Waals surface area contributed by atoms with Crippen molar-refractivity contribution in [2.45, 2.75) is 13.0 Å². The maximum absolute atomic E-state index is 10.6. The summed E-state index contributed by atoms with van der Waals surface area (Å²) >= 11 is 5.88. The second-order valence-corrected chi connectivity index (χ2v) is 4.57. The number of hydrogen-bond acceptors (Lipinski definition) is 2. The fraction of sp³-hybridized carbons (Fsp3) is 0.133. The molecule has 2 aromatic rings. The van der Waals surface area contributed by atoms with Crippen LogP contribution in [0.15, 0.2) is 48.5 Å². The van der Waals surface area contributed by atoms with E-state index in [4.69, 9.17) is 21.4 Å². The van der Waals surface area contributed by atoms with Gasteiger partial charge in [-0.25, -0.2) is 0 Å². The Morgan fingerprint density at radius 2 is 1.84 bits per heavy atom. The van der Waals surface area contributed by atoms with Gasteiger partial charge in [-0.2, -0.15) is 0 Å². The summed E-state index contributed by atoms with van der Waals surface area (Å²) in [4.78, 5) is 10.6. The molecule has 0 aliphatic carbocycles. The average Bonchev–Trinajstić information content (AvgIpc) is 2.37. The molecule has 0 aliphatic rings. The van der Waals surface area contributed by atoms with E-state index in [-0.39, 0.29) is 6.42 Å². The zero-order valence-electron chi connectivity index (χ0n) is 10.2. The first-order chi connectivity index (χ1) is 9.13. The van der Waals surface area contributed by atoms with Gasteiger partial charge >= 0.3 is 5.97 Å². The van der Waals surface area contributed by atoms with Gasteiger partial charge in [-0.3, -0.25) is 4.79 Å². The van der Waals surface area contributed by atoms with E-state index < -0.39 is 5.97 Å². The molecule has 3 nitrogen and oxygen atoms in total. The van der Waals surface area contributed by atoms with Gasteiger partial charge in [-0.05, 0) is 35.4 Å². The molecule has 0 aliphatic heterocycles. The minimum Gasteiger partial charge on any atom is -0.489 e. The quantitative estimate of drug-likeness (QED) is 0.908. The maximum Gasteiger partial charge on any atom is 0.307 e. The number of carbonyl (C=O) groups is 1. The van der Waals surface area contributed by atoms with Gasteiger partial charge in [0.1, 0.15) is 12.4 Å². The van der Waals surface area contributed by atoms with Crippen molar-refractivity contribution in [2.75, 3.05) is 0 Å². The van der Waals surface area contributed by atoms with Crippen LogP contribution < -0.4 is 4.74 Å². The fourth-order valence-corrected chi connectivity index (χ4v) is 1.88. The third kappa shape index (κ3) is 4.30. The highest BCUT2D eigenvalue weighted by Gasteiger charge is 2.01. The molecule has 4 heteroatoms. The lowest BCUT2D eigenvalue weighted by Gasteiger charge is -2.07. The van der Waals surface area contributed by atoms with Crippen LogP contribution in [0.4, 0.5) is 0 Å². The zero-order chi connectivity index (χ0) is 13.7. The van der Waals surface area contributed by atoms with Crippen LogP contribution in [0.3, 0.4) is 0 Å². The Labute approximate surface area is 116 Å². The van der Waals surface area contributed by atoms with Crippen molar-refractivity contribution < 1.29 is 14.6 Å². The van der Waals surface area contributed by atoms with Crippen molar-refractivity contribution in [1.82, 2.24) is 0 Å². The van der Waals surface area contributed by atoms with Gasteiger partial charge in [0.15, 0.2) is 0 Å². The van der Waals surface area contributed by atoms with Gasteiger partial charge in [0, 0.05) is 5.02 Å². The average molecular weight is 277 g/mol. The summed E-state index contributed by atoms with van der Waals surface area (Å²) in [6.07, 6.45) is 0.0224. The molecule has 0 bridgehead atoms. The second kappa shape index (κ2) is 6.25. The number of ether oxygens (including phenoxy) is 1. The zero-order valence-corrected chi connectivity index (χ0v) is 10.9. The van der Waals surface area contributed by atoms with Crippen molar-refractivity contribution in [3.8, 4) is 5.75 Å². The smallest absolute Gasteiger partial charge is 0.307 e. The van der Waals surface area contributed by atoms with Crippen LogP contribution in [0, 0.1) is 0 Å². The number of hydrogen-bond donors (Lipinski definition) is 1. The highest BCUT2D eigenvalue weighted by Crippen LogP contribution is 2.16. The van der Waals surface area contributed by atoms with Gasteiger partial charge < -0.3 is 9.84 Å². The SMILES string of the molecule is O=C(O)Cc1ccc(OCc2cccc(Cl)c2)cc1. The number of benzene rings is 2. The summed E-state index contributed by atoms with van der Waals surface area (Å²) in [6.45, 7) is 0.429. The summed E-state index contributed by atoms with van der Waals surface area (Å²) in [6, 6.07) is 14.5. The van der Waals surface area contributed by atoms with E-state index in [1.165, 1.54) is 0 Å². The summed E-state index contributed by atoms with van der Waals surface area (Å²) in [5, 5.41) is 9.35. The standard InChI is InChI=1S/C15H13ClO3/c16-13-3-1-2-12(8-13)10-19-14-6-4-11(5-7-14)9-15(17)18/h1-8H,9-10H2,(H,17,18). The summed E-state index contributed by atoms with van der Waals surface area (Å²) in [5.74, 6) is -0.137. The first kappa shape index (κ1) is 13.4. The van der Waals surface area contributed by atoms with Crippen LogP contribution >= 0.6 is 11.6 Å². The molecular weight excluding hydrogens is 264 g/mol. The molecule has 0 saturated carbocycles. The topological polar surface area (TPSA) is 46.5 Å². The Balaban J connectivity index is 1.94. The van der Waals surface area contributed by atoms with E-state index in [1.807, 2.05) is 24.3 Å². The molecule has 2 aromatic carbocycles. The van der Waals surface area contributed by atoms with Gasteiger partial charge in [0.25, 0.3) is 0 Å².